The van der Waals surface area contributed by atoms with Gasteiger partial charge in [-0.3, -0.25) is 14.3 Å². The van der Waals surface area contributed by atoms with Crippen LogP contribution < -0.4 is 11.1 Å². The molecule has 0 bridgehead atoms. The molecule has 0 unspecified atom stereocenters. The van der Waals surface area contributed by atoms with Crippen LogP contribution in [0.2, 0.25) is 0 Å². The SMILES string of the molecule is Cc1ncc(Br)cc1CC(=O)[C@@H]1C[C@@H](F)CN1C(=O)Nc1cn(C(N)=O)c2ccccc12. The maximum absolute atomic E-state index is 14.3. The van der Waals surface area contributed by atoms with Crippen LogP contribution >= 0.6 is 15.9 Å². The van der Waals surface area contributed by atoms with E-state index in [1.807, 2.05) is 0 Å². The number of halogens is 2. The number of carbonyl (C=O) groups excluding carboxylic acids is 3. The number of amides is 3. The minimum absolute atomic E-state index is 0.0421. The summed E-state index contributed by atoms with van der Waals surface area (Å²) in [6.07, 6.45) is 1.74. The van der Waals surface area contributed by atoms with Crippen LogP contribution in [0.4, 0.5) is 19.7 Å². The maximum atomic E-state index is 14.3. The average molecular weight is 502 g/mol. The van der Waals surface area contributed by atoms with Gasteiger partial charge in [0.2, 0.25) is 0 Å². The number of rotatable bonds is 4. The van der Waals surface area contributed by atoms with Crippen LogP contribution in [0, 0.1) is 6.92 Å². The van der Waals surface area contributed by atoms with Crippen molar-refractivity contribution < 1.29 is 18.8 Å². The van der Waals surface area contributed by atoms with Gasteiger partial charge in [0.1, 0.15) is 6.17 Å². The van der Waals surface area contributed by atoms with Gasteiger partial charge in [0.05, 0.1) is 23.8 Å². The Bertz CT molecular complexity index is 1230. The molecule has 0 saturated carbocycles. The molecule has 4 rings (SSSR count). The monoisotopic (exact) mass is 501 g/mol. The van der Waals surface area contributed by atoms with Crippen molar-refractivity contribution in [1.82, 2.24) is 14.5 Å². The summed E-state index contributed by atoms with van der Waals surface area (Å²) in [6, 6.07) is 6.53. The summed E-state index contributed by atoms with van der Waals surface area (Å²) in [6.45, 7) is 1.60. The molecule has 2 atom stereocenters. The van der Waals surface area contributed by atoms with E-state index in [1.165, 1.54) is 15.7 Å². The Morgan fingerprint density at radius 3 is 2.81 bits per heavy atom. The van der Waals surface area contributed by atoms with Gasteiger partial charge in [-0.05, 0) is 40.5 Å². The Kier molecular flexibility index (Phi) is 5.96. The number of nitrogens with one attached hydrogen (secondary N) is 1. The lowest BCUT2D eigenvalue weighted by Crippen LogP contribution is -2.43. The van der Waals surface area contributed by atoms with Gasteiger partial charge < -0.3 is 16.0 Å². The van der Waals surface area contributed by atoms with Crippen LogP contribution in [0.25, 0.3) is 10.9 Å². The fourth-order valence-electron chi connectivity index (χ4n) is 4.00. The van der Waals surface area contributed by atoms with Gasteiger partial charge in [0.15, 0.2) is 5.78 Å². The van der Waals surface area contributed by atoms with E-state index in [0.717, 1.165) is 10.0 Å². The summed E-state index contributed by atoms with van der Waals surface area (Å²) in [4.78, 5) is 43.2. The van der Waals surface area contributed by atoms with Crippen molar-refractivity contribution in [1.29, 1.82) is 0 Å². The highest BCUT2D eigenvalue weighted by Crippen LogP contribution is 2.28. The number of alkyl halides is 1. The number of carbonyl (C=O) groups is 3. The number of nitrogens with zero attached hydrogens (tertiary/aromatic N) is 3. The molecule has 3 heterocycles. The summed E-state index contributed by atoms with van der Waals surface area (Å²) >= 11 is 3.34. The fourth-order valence-corrected chi connectivity index (χ4v) is 4.38. The third-order valence-electron chi connectivity index (χ3n) is 5.60. The number of para-hydroxylation sites is 1. The lowest BCUT2D eigenvalue weighted by molar-refractivity contribution is -0.121. The van der Waals surface area contributed by atoms with E-state index in [0.29, 0.717) is 22.3 Å². The van der Waals surface area contributed by atoms with Gasteiger partial charge in [0, 0.05) is 40.8 Å². The van der Waals surface area contributed by atoms with Crippen molar-refractivity contribution in [2.45, 2.75) is 32.0 Å². The molecular weight excluding hydrogens is 481 g/mol. The highest BCUT2D eigenvalue weighted by Gasteiger charge is 2.40. The number of fused-ring (bicyclic) bond motifs is 1. The molecule has 10 heteroatoms. The fraction of sp³-hybridized carbons (Fsp3) is 0.273. The number of anilines is 1. The van der Waals surface area contributed by atoms with Gasteiger partial charge in [-0.1, -0.05) is 18.2 Å². The molecule has 0 spiro atoms. The van der Waals surface area contributed by atoms with Crippen molar-refractivity contribution in [2.24, 2.45) is 5.73 Å². The van der Waals surface area contributed by atoms with Gasteiger partial charge >= 0.3 is 12.1 Å². The number of likely N-dealkylation sites (tertiary alicyclic amines) is 1. The van der Waals surface area contributed by atoms with Gasteiger partial charge in [0.25, 0.3) is 0 Å². The molecule has 1 aromatic carbocycles. The van der Waals surface area contributed by atoms with E-state index in [2.05, 4.69) is 26.2 Å². The summed E-state index contributed by atoms with van der Waals surface area (Å²) in [5, 5.41) is 3.32. The quantitative estimate of drug-likeness (QED) is 0.566. The standard InChI is InChI=1S/C22H21BrFN5O3/c1-12-13(6-14(23)9-26-12)7-20(30)19-8-15(24)10-29(19)22(32)27-17-11-28(21(25)31)18-5-3-2-4-16(17)18/h2-6,9,11,15,19H,7-8,10H2,1H3,(H2,25,31)(H,27,32)/t15-,19+/m1/s1. The van der Waals surface area contributed by atoms with E-state index in [-0.39, 0.29) is 25.2 Å². The van der Waals surface area contributed by atoms with Crippen LogP contribution in [-0.4, -0.2) is 51.1 Å². The summed E-state index contributed by atoms with van der Waals surface area (Å²) in [7, 11) is 0. The lowest BCUT2D eigenvalue weighted by atomic mass is 10.0. The number of nitrogens with two attached hydrogens (primary N) is 1. The predicted molar refractivity (Wildman–Crippen MR) is 121 cm³/mol. The highest BCUT2D eigenvalue weighted by molar-refractivity contribution is 9.10. The summed E-state index contributed by atoms with van der Waals surface area (Å²) in [5.41, 5.74) is 7.72. The molecule has 1 fully saturated rings. The minimum atomic E-state index is -1.30. The normalized spacial score (nSPS) is 18.2. The first-order valence-corrected chi connectivity index (χ1v) is 10.8. The van der Waals surface area contributed by atoms with Crippen molar-refractivity contribution in [2.75, 3.05) is 11.9 Å². The molecule has 3 amide bonds. The van der Waals surface area contributed by atoms with Crippen molar-refractivity contribution >= 4 is 50.4 Å². The van der Waals surface area contributed by atoms with Gasteiger partial charge in [-0.2, -0.15) is 0 Å². The van der Waals surface area contributed by atoms with E-state index in [4.69, 9.17) is 5.73 Å². The first-order valence-electron chi connectivity index (χ1n) is 10.00. The number of hydrogen-bond donors (Lipinski definition) is 2. The van der Waals surface area contributed by atoms with E-state index >= 15 is 0 Å². The topological polar surface area (TPSA) is 110 Å². The first kappa shape index (κ1) is 21.9. The van der Waals surface area contributed by atoms with Crippen LogP contribution in [0.5, 0.6) is 0 Å². The third-order valence-corrected chi connectivity index (χ3v) is 6.03. The Morgan fingerprint density at radius 1 is 1.31 bits per heavy atom. The maximum Gasteiger partial charge on any atom is 0.323 e. The molecule has 32 heavy (non-hydrogen) atoms. The van der Waals surface area contributed by atoms with Crippen LogP contribution in [0.1, 0.15) is 17.7 Å². The smallest absolute Gasteiger partial charge is 0.323 e. The molecule has 0 aliphatic carbocycles. The van der Waals surface area contributed by atoms with Crippen LogP contribution in [0.15, 0.2) is 47.2 Å². The number of Topliss-reactive ketones (excluding diaryl/α,β-unsaturated/α-hetero) is 1. The molecule has 3 N–H and O–H groups in total. The van der Waals surface area contributed by atoms with E-state index in [1.54, 1.807) is 43.5 Å². The molecule has 0 radical (unpaired) electrons. The molecule has 1 aliphatic rings. The van der Waals surface area contributed by atoms with Crippen molar-refractivity contribution in [3.05, 3.63) is 58.5 Å². The zero-order chi connectivity index (χ0) is 23.0. The highest BCUT2D eigenvalue weighted by atomic mass is 79.9. The second-order valence-electron chi connectivity index (χ2n) is 7.74. The van der Waals surface area contributed by atoms with Crippen molar-refractivity contribution in [3.8, 4) is 0 Å². The Balaban J connectivity index is 1.56. The molecule has 166 valence electrons. The second-order valence-corrected chi connectivity index (χ2v) is 8.66. The lowest BCUT2D eigenvalue weighted by Gasteiger charge is -2.23. The summed E-state index contributed by atoms with van der Waals surface area (Å²) in [5.74, 6) is -0.261. The van der Waals surface area contributed by atoms with Crippen LogP contribution in [0.3, 0.4) is 0 Å². The second kappa shape index (κ2) is 8.70. The molecular formula is C22H21BrFN5O3. The number of pyridine rings is 1. The molecule has 3 aromatic rings. The van der Waals surface area contributed by atoms with Gasteiger partial charge in [-0.25, -0.2) is 14.0 Å². The number of hydrogen-bond acceptors (Lipinski definition) is 4. The molecule has 1 aliphatic heterocycles. The number of urea groups is 1. The zero-order valence-electron chi connectivity index (χ0n) is 17.2. The first-order chi connectivity index (χ1) is 15.2. The third kappa shape index (κ3) is 4.22. The number of aryl methyl sites for hydroxylation is 1. The Hall–Kier alpha value is -3.27. The number of primary amides is 1. The molecule has 2 aromatic heterocycles. The zero-order valence-corrected chi connectivity index (χ0v) is 18.8. The minimum Gasteiger partial charge on any atom is -0.351 e. The average Bonchev–Trinajstić information content (AvgIpc) is 3.32. The Morgan fingerprint density at radius 2 is 2.06 bits per heavy atom. The number of benzene rings is 1. The Labute approximate surface area is 191 Å². The molecule has 1 saturated heterocycles. The predicted octanol–water partition coefficient (Wildman–Crippen LogP) is 3.79. The number of ketones is 1. The largest absolute Gasteiger partial charge is 0.351 e. The van der Waals surface area contributed by atoms with E-state index < -0.39 is 24.3 Å². The number of aromatic nitrogens is 2. The van der Waals surface area contributed by atoms with E-state index in [9.17, 15) is 18.8 Å². The van der Waals surface area contributed by atoms with Crippen LogP contribution in [-0.2, 0) is 11.2 Å². The summed E-state index contributed by atoms with van der Waals surface area (Å²) < 4.78 is 16.2. The molecule has 8 nitrogen and oxygen atoms in total. The van der Waals surface area contributed by atoms with Gasteiger partial charge in [-0.15, -0.1) is 0 Å². The van der Waals surface area contributed by atoms with Crippen molar-refractivity contribution in [3.63, 3.8) is 0 Å².